The van der Waals surface area contributed by atoms with Crippen LogP contribution in [0.2, 0.25) is 0 Å². The summed E-state index contributed by atoms with van der Waals surface area (Å²) in [6.45, 7) is 1.81. The summed E-state index contributed by atoms with van der Waals surface area (Å²) in [6, 6.07) is -0.971. The first kappa shape index (κ1) is 28.2. The third-order valence-electron chi connectivity index (χ3n) is 5.78. The number of aliphatic hydroxyl groups is 3. The van der Waals surface area contributed by atoms with E-state index in [1.807, 2.05) is 0 Å². The summed E-state index contributed by atoms with van der Waals surface area (Å²) in [5.41, 5.74) is 8.39. The normalized spacial score (nSPS) is 14.3. The Bertz CT molecular complexity index is 390. The molecule has 0 aliphatic carbocycles. The van der Waals surface area contributed by atoms with Crippen molar-refractivity contribution in [1.82, 2.24) is 0 Å². The minimum absolute atomic E-state index is 0.457. The lowest BCUT2D eigenvalue weighted by Gasteiger charge is -2.21. The maximum atomic E-state index is 9.93. The van der Waals surface area contributed by atoms with E-state index in [2.05, 4.69) is 16.9 Å². The van der Waals surface area contributed by atoms with Crippen LogP contribution in [0.1, 0.15) is 122 Å². The Kier molecular flexibility index (Phi) is 21.3. The predicted molar refractivity (Wildman–Crippen MR) is 121 cm³/mol. The van der Waals surface area contributed by atoms with Gasteiger partial charge in [-0.2, -0.15) is 0 Å². The van der Waals surface area contributed by atoms with Crippen LogP contribution in [0, 0.1) is 0 Å². The number of aliphatic hydroxyl groups excluding tert-OH is 3. The van der Waals surface area contributed by atoms with Crippen LogP contribution in [0.5, 0.6) is 0 Å². The fraction of sp³-hybridized carbons (Fsp3) is 1.00. The Balaban J connectivity index is 3.34. The smallest absolute Gasteiger partial charge is 0.0905 e. The van der Waals surface area contributed by atoms with Crippen molar-refractivity contribution < 1.29 is 15.3 Å². The average molecular weight is 414 g/mol. The highest BCUT2D eigenvalue weighted by atomic mass is 16.3. The second-order valence-electron chi connectivity index (χ2n) is 8.46. The van der Waals surface area contributed by atoms with Crippen molar-refractivity contribution in [1.29, 1.82) is 0 Å². The van der Waals surface area contributed by atoms with Gasteiger partial charge in [-0.15, -0.1) is 0 Å². The van der Waals surface area contributed by atoms with Crippen LogP contribution in [-0.2, 0) is 0 Å². The molecule has 0 aromatic rings. The van der Waals surface area contributed by atoms with E-state index >= 15 is 0 Å². The van der Waals surface area contributed by atoms with Crippen LogP contribution >= 0.6 is 0 Å². The molecule has 0 aliphatic heterocycles. The van der Waals surface area contributed by atoms with Crippen LogP contribution in [-0.4, -0.2) is 40.2 Å². The van der Waals surface area contributed by atoms with Gasteiger partial charge in [-0.05, 0) is 12.0 Å². The molecule has 0 saturated heterocycles. The molecule has 0 bridgehead atoms. The number of azide groups is 1. The molecule has 0 spiro atoms. The lowest BCUT2D eigenvalue weighted by atomic mass is 10.00. The Labute approximate surface area is 178 Å². The van der Waals surface area contributed by atoms with Gasteiger partial charge in [-0.3, -0.25) is 0 Å². The predicted octanol–water partition coefficient (Wildman–Crippen LogP) is 6.42. The molecule has 0 fully saturated rings. The van der Waals surface area contributed by atoms with Gasteiger partial charge in [-0.1, -0.05) is 121 Å². The molecular formula is C23H47N3O3. The Morgan fingerprint density at radius 1 is 0.690 bits per heavy atom. The molecule has 0 rings (SSSR count). The first-order chi connectivity index (χ1) is 14.2. The van der Waals surface area contributed by atoms with Gasteiger partial charge in [-0.25, -0.2) is 0 Å². The van der Waals surface area contributed by atoms with Crippen molar-refractivity contribution in [3.05, 3.63) is 10.4 Å². The van der Waals surface area contributed by atoms with E-state index in [1.54, 1.807) is 0 Å². The summed E-state index contributed by atoms with van der Waals surface area (Å²) >= 11 is 0. The molecule has 0 aliphatic rings. The van der Waals surface area contributed by atoms with E-state index in [-0.39, 0.29) is 0 Å². The molecular weight excluding hydrogens is 366 g/mol. The van der Waals surface area contributed by atoms with E-state index in [0.29, 0.717) is 6.42 Å². The van der Waals surface area contributed by atoms with E-state index < -0.39 is 24.9 Å². The maximum absolute atomic E-state index is 9.93. The summed E-state index contributed by atoms with van der Waals surface area (Å²) in [5.74, 6) is 0. The van der Waals surface area contributed by atoms with Crippen molar-refractivity contribution in [2.45, 2.75) is 141 Å². The van der Waals surface area contributed by atoms with Gasteiger partial charge in [0.05, 0.1) is 24.9 Å². The molecule has 0 amide bonds. The van der Waals surface area contributed by atoms with Crippen LogP contribution in [0.15, 0.2) is 5.11 Å². The van der Waals surface area contributed by atoms with Crippen LogP contribution in [0.4, 0.5) is 0 Å². The third kappa shape index (κ3) is 17.7. The highest BCUT2D eigenvalue weighted by Gasteiger charge is 2.24. The zero-order chi connectivity index (χ0) is 21.6. The third-order valence-corrected chi connectivity index (χ3v) is 5.78. The summed E-state index contributed by atoms with van der Waals surface area (Å²) in [7, 11) is 0. The molecule has 29 heavy (non-hydrogen) atoms. The molecule has 6 nitrogen and oxygen atoms in total. The molecule has 0 saturated carbocycles. The van der Waals surface area contributed by atoms with Crippen LogP contribution in [0.25, 0.3) is 10.4 Å². The minimum atomic E-state index is -1.20. The highest BCUT2D eigenvalue weighted by Crippen LogP contribution is 2.16. The first-order valence-electron chi connectivity index (χ1n) is 12.2. The molecule has 0 aromatic carbocycles. The largest absolute Gasteiger partial charge is 0.396 e. The lowest BCUT2D eigenvalue weighted by molar-refractivity contribution is -0.0120. The van der Waals surface area contributed by atoms with Crippen molar-refractivity contribution >= 4 is 0 Å². The average Bonchev–Trinajstić information content (AvgIpc) is 2.73. The summed E-state index contributed by atoms with van der Waals surface area (Å²) in [4.78, 5) is 2.59. The molecule has 0 aromatic heterocycles. The molecule has 0 radical (unpaired) electrons. The van der Waals surface area contributed by atoms with E-state index in [9.17, 15) is 10.2 Å². The zero-order valence-electron chi connectivity index (χ0n) is 18.9. The SMILES string of the molecule is CCCCCCCCCCCCCCCCCCC[C@@H](O)[C@@H](O)[C@@H](CO)N=[N+]=[N-]. The fourth-order valence-corrected chi connectivity index (χ4v) is 3.78. The molecule has 0 heterocycles. The summed E-state index contributed by atoms with van der Waals surface area (Å²) in [6.07, 6.45) is 20.5. The van der Waals surface area contributed by atoms with Gasteiger partial charge in [0, 0.05) is 4.91 Å². The monoisotopic (exact) mass is 413 g/mol. The molecule has 0 unspecified atom stereocenters. The lowest BCUT2D eigenvalue weighted by Crippen LogP contribution is -2.38. The zero-order valence-corrected chi connectivity index (χ0v) is 18.9. The van der Waals surface area contributed by atoms with Gasteiger partial charge >= 0.3 is 0 Å². The maximum Gasteiger partial charge on any atom is 0.0905 e. The van der Waals surface area contributed by atoms with Gasteiger partial charge < -0.3 is 15.3 Å². The molecule has 6 heteroatoms. The quantitative estimate of drug-likeness (QED) is 0.0824. The topological polar surface area (TPSA) is 109 Å². The number of hydrogen-bond acceptors (Lipinski definition) is 4. The molecule has 3 atom stereocenters. The van der Waals surface area contributed by atoms with Gasteiger partial charge in [0.15, 0.2) is 0 Å². The van der Waals surface area contributed by atoms with Gasteiger partial charge in [0.2, 0.25) is 0 Å². The van der Waals surface area contributed by atoms with Gasteiger partial charge in [0.25, 0.3) is 0 Å². The van der Waals surface area contributed by atoms with Gasteiger partial charge in [0.1, 0.15) is 0 Å². The summed E-state index contributed by atoms with van der Waals surface area (Å²) in [5, 5.41) is 32.2. The van der Waals surface area contributed by atoms with Crippen molar-refractivity contribution in [3.8, 4) is 0 Å². The minimum Gasteiger partial charge on any atom is -0.396 e. The Morgan fingerprint density at radius 3 is 1.41 bits per heavy atom. The second kappa shape index (κ2) is 21.9. The number of nitrogens with zero attached hydrogens (tertiary/aromatic N) is 3. The molecule has 3 N–H and O–H groups in total. The number of rotatable bonds is 22. The standard InChI is InChI=1S/C23H47N3O3/c1-2-3-4-5-6-7-8-9-10-11-12-13-14-15-16-17-18-19-22(28)23(29)21(20-27)25-26-24/h21-23,27-29H,2-20H2,1H3/t21-,22-,23+/m1/s1. The van der Waals surface area contributed by atoms with Crippen molar-refractivity contribution in [2.75, 3.05) is 6.61 Å². The Hall–Kier alpha value is -0.810. The first-order valence-corrected chi connectivity index (χ1v) is 12.2. The van der Waals surface area contributed by atoms with Crippen molar-refractivity contribution in [3.63, 3.8) is 0 Å². The van der Waals surface area contributed by atoms with E-state index in [0.717, 1.165) is 19.3 Å². The highest BCUT2D eigenvalue weighted by molar-refractivity contribution is 4.81. The van der Waals surface area contributed by atoms with Crippen LogP contribution in [0.3, 0.4) is 0 Å². The fourth-order valence-electron chi connectivity index (χ4n) is 3.78. The summed E-state index contributed by atoms with van der Waals surface area (Å²) < 4.78 is 0. The molecule has 172 valence electrons. The van der Waals surface area contributed by atoms with E-state index in [1.165, 1.54) is 89.9 Å². The second-order valence-corrected chi connectivity index (χ2v) is 8.46. The van der Waals surface area contributed by atoms with Crippen LogP contribution < -0.4 is 0 Å². The number of hydrogen-bond donors (Lipinski definition) is 3. The van der Waals surface area contributed by atoms with Crippen molar-refractivity contribution in [2.24, 2.45) is 5.11 Å². The Morgan fingerprint density at radius 2 is 1.07 bits per heavy atom. The number of unbranched alkanes of at least 4 members (excludes halogenated alkanes) is 16. The van der Waals surface area contributed by atoms with E-state index in [4.69, 9.17) is 10.6 Å².